The highest BCUT2D eigenvalue weighted by Crippen LogP contribution is 2.14. The molecular weight excluding hydrogens is 396 g/mol. The second kappa shape index (κ2) is 28.4. The van der Waals surface area contributed by atoms with Gasteiger partial charge in [-0.15, -0.1) is 0 Å². The Kier molecular flexibility index (Phi) is 27.9. The lowest BCUT2D eigenvalue weighted by Gasteiger charge is -2.06. The van der Waals surface area contributed by atoms with Crippen molar-refractivity contribution >= 4 is 5.91 Å². The Morgan fingerprint density at radius 1 is 0.562 bits per heavy atom. The third-order valence-electron chi connectivity index (χ3n) is 6.27. The van der Waals surface area contributed by atoms with Crippen LogP contribution in [-0.4, -0.2) is 39.3 Å². The predicted octanol–water partition coefficient (Wildman–Crippen LogP) is 7.55. The molecule has 0 aliphatic heterocycles. The molecule has 0 aliphatic rings. The third kappa shape index (κ3) is 27.4. The van der Waals surface area contributed by atoms with Gasteiger partial charge in [-0.05, 0) is 19.9 Å². The lowest BCUT2D eigenvalue weighted by Crippen LogP contribution is -2.33. The molecule has 0 aromatic carbocycles. The zero-order chi connectivity index (χ0) is 23.4. The van der Waals surface area contributed by atoms with Crippen molar-refractivity contribution < 1.29 is 9.53 Å². The number of amides is 1. The largest absolute Gasteiger partial charge is 0.381 e. The lowest BCUT2D eigenvalue weighted by atomic mass is 10.0. The van der Waals surface area contributed by atoms with E-state index < -0.39 is 0 Å². The van der Waals surface area contributed by atoms with E-state index in [1.54, 1.807) is 7.05 Å². The summed E-state index contributed by atoms with van der Waals surface area (Å²) in [4.78, 5) is 11.3. The Hall–Kier alpha value is -0.610. The predicted molar refractivity (Wildman–Crippen MR) is 140 cm³/mol. The number of rotatable bonds is 27. The molecule has 0 rings (SSSR count). The van der Waals surface area contributed by atoms with Gasteiger partial charge in [0.25, 0.3) is 0 Å². The molecule has 0 atom stereocenters. The van der Waals surface area contributed by atoms with Crippen LogP contribution in [0.15, 0.2) is 0 Å². The molecular formula is C28H58N2O2. The van der Waals surface area contributed by atoms with Gasteiger partial charge in [-0.3, -0.25) is 4.79 Å². The molecule has 4 nitrogen and oxygen atoms in total. The molecule has 0 unspecified atom stereocenters. The smallest absolute Gasteiger partial charge is 0.233 e. The molecule has 0 aromatic rings. The quantitative estimate of drug-likeness (QED) is 0.126. The van der Waals surface area contributed by atoms with Crippen LogP contribution in [0.3, 0.4) is 0 Å². The molecule has 0 saturated carbocycles. The number of likely N-dealkylation sites (N-methyl/N-ethyl adjacent to an activating group) is 1. The van der Waals surface area contributed by atoms with Crippen molar-refractivity contribution in [2.24, 2.45) is 0 Å². The number of carbonyl (C=O) groups is 1. The van der Waals surface area contributed by atoms with Gasteiger partial charge >= 0.3 is 0 Å². The molecule has 0 aromatic heterocycles. The second-order valence-corrected chi connectivity index (χ2v) is 9.56. The van der Waals surface area contributed by atoms with Crippen molar-refractivity contribution in [1.29, 1.82) is 0 Å². The van der Waals surface area contributed by atoms with Crippen molar-refractivity contribution in [2.45, 2.75) is 142 Å². The monoisotopic (exact) mass is 454 g/mol. The maximum Gasteiger partial charge on any atom is 0.233 e. The number of hydrogen-bond acceptors (Lipinski definition) is 3. The van der Waals surface area contributed by atoms with Crippen molar-refractivity contribution in [3.63, 3.8) is 0 Å². The number of ether oxygens (including phenoxy) is 1. The maximum absolute atomic E-state index is 11.3. The zero-order valence-electron chi connectivity index (χ0n) is 22.0. The summed E-state index contributed by atoms with van der Waals surface area (Å²) in [6.07, 6.45) is 29.2. The van der Waals surface area contributed by atoms with E-state index in [-0.39, 0.29) is 5.91 Å². The van der Waals surface area contributed by atoms with Gasteiger partial charge in [-0.1, -0.05) is 129 Å². The summed E-state index contributed by atoms with van der Waals surface area (Å²) in [7, 11) is 1.78. The van der Waals surface area contributed by atoms with Gasteiger partial charge in [0, 0.05) is 19.8 Å². The van der Waals surface area contributed by atoms with Crippen LogP contribution in [0, 0.1) is 0 Å². The van der Waals surface area contributed by atoms with Crippen LogP contribution in [0.1, 0.15) is 142 Å². The maximum atomic E-state index is 11.3. The van der Waals surface area contributed by atoms with Gasteiger partial charge in [0.1, 0.15) is 0 Å². The zero-order valence-corrected chi connectivity index (χ0v) is 22.0. The molecule has 192 valence electrons. The molecule has 0 saturated heterocycles. The molecule has 1 amide bonds. The van der Waals surface area contributed by atoms with Crippen molar-refractivity contribution in [3.05, 3.63) is 0 Å². The van der Waals surface area contributed by atoms with Crippen LogP contribution >= 0.6 is 0 Å². The van der Waals surface area contributed by atoms with Crippen LogP contribution in [0.4, 0.5) is 0 Å². The third-order valence-corrected chi connectivity index (χ3v) is 6.27. The topological polar surface area (TPSA) is 50.4 Å². The fraction of sp³-hybridized carbons (Fsp3) is 0.964. The van der Waals surface area contributed by atoms with Gasteiger partial charge in [0.15, 0.2) is 0 Å². The van der Waals surface area contributed by atoms with E-state index in [1.807, 2.05) is 0 Å². The summed E-state index contributed by atoms with van der Waals surface area (Å²) >= 11 is 0. The molecule has 0 spiro atoms. The molecule has 0 heterocycles. The number of hydrogen-bond donors (Lipinski definition) is 2. The first-order valence-corrected chi connectivity index (χ1v) is 14.3. The van der Waals surface area contributed by atoms with Gasteiger partial charge in [0.05, 0.1) is 6.54 Å². The van der Waals surface area contributed by atoms with E-state index in [0.717, 1.165) is 19.6 Å². The Labute approximate surface area is 201 Å². The normalized spacial score (nSPS) is 11.2. The minimum absolute atomic E-state index is 0.0570. The van der Waals surface area contributed by atoms with Crippen LogP contribution < -0.4 is 10.6 Å². The fourth-order valence-corrected chi connectivity index (χ4v) is 4.19. The van der Waals surface area contributed by atoms with E-state index in [4.69, 9.17) is 4.74 Å². The Morgan fingerprint density at radius 2 is 0.938 bits per heavy atom. The van der Waals surface area contributed by atoms with E-state index in [2.05, 4.69) is 17.6 Å². The number of nitrogens with one attached hydrogen (secondary N) is 2. The molecule has 4 heteroatoms. The average Bonchev–Trinajstić information content (AvgIpc) is 2.79. The summed E-state index contributed by atoms with van der Waals surface area (Å²) < 4.78 is 5.65. The van der Waals surface area contributed by atoms with E-state index in [1.165, 1.54) is 128 Å². The van der Waals surface area contributed by atoms with Crippen molar-refractivity contribution in [3.8, 4) is 0 Å². The number of unbranched alkanes of at least 4 members (excludes halogenated alkanes) is 19. The first kappa shape index (κ1) is 31.4. The van der Waals surface area contributed by atoms with E-state index >= 15 is 0 Å². The van der Waals surface area contributed by atoms with Crippen molar-refractivity contribution in [1.82, 2.24) is 10.6 Å². The van der Waals surface area contributed by atoms with Gasteiger partial charge in [0.2, 0.25) is 5.91 Å². The molecule has 0 radical (unpaired) electrons. The molecule has 0 aliphatic carbocycles. The van der Waals surface area contributed by atoms with Crippen LogP contribution in [0.2, 0.25) is 0 Å². The van der Waals surface area contributed by atoms with Crippen molar-refractivity contribution in [2.75, 3.05) is 33.4 Å². The number of carbonyl (C=O) groups excluding carboxylic acids is 1. The molecule has 0 fully saturated rings. The lowest BCUT2D eigenvalue weighted by molar-refractivity contribution is -0.120. The first-order chi connectivity index (χ1) is 15.8. The SMILES string of the molecule is CCCCCCCCCCCCCCCCCCCCCCOCCCNC(=O)CNC. The minimum atomic E-state index is 0.0570. The van der Waals surface area contributed by atoms with Crippen LogP contribution in [-0.2, 0) is 9.53 Å². The van der Waals surface area contributed by atoms with Gasteiger partial charge < -0.3 is 15.4 Å². The summed E-state index contributed by atoms with van der Waals surface area (Å²) in [5.74, 6) is 0.0570. The fourth-order valence-electron chi connectivity index (χ4n) is 4.19. The Morgan fingerprint density at radius 3 is 1.34 bits per heavy atom. The van der Waals surface area contributed by atoms with Gasteiger partial charge in [-0.25, -0.2) is 0 Å². The average molecular weight is 455 g/mol. The van der Waals surface area contributed by atoms with E-state index in [0.29, 0.717) is 13.1 Å². The van der Waals surface area contributed by atoms with Gasteiger partial charge in [-0.2, -0.15) is 0 Å². The standard InChI is InChI=1S/C28H58N2O2/c1-3-4-5-6-7-8-9-10-11-12-13-14-15-16-17-18-19-20-21-22-25-32-26-23-24-30-28(31)27-29-2/h29H,3-27H2,1-2H3,(H,30,31). The molecule has 0 bridgehead atoms. The Bertz CT molecular complexity index is 363. The summed E-state index contributed by atoms with van der Waals surface area (Å²) in [5, 5.41) is 5.71. The summed E-state index contributed by atoms with van der Waals surface area (Å²) in [6, 6.07) is 0. The van der Waals surface area contributed by atoms with Crippen LogP contribution in [0.25, 0.3) is 0 Å². The summed E-state index contributed by atoms with van der Waals surface area (Å²) in [6.45, 7) is 5.00. The van der Waals surface area contributed by atoms with E-state index in [9.17, 15) is 4.79 Å². The second-order valence-electron chi connectivity index (χ2n) is 9.56. The minimum Gasteiger partial charge on any atom is -0.381 e. The van der Waals surface area contributed by atoms with Crippen LogP contribution in [0.5, 0.6) is 0 Å². The summed E-state index contributed by atoms with van der Waals surface area (Å²) in [5.41, 5.74) is 0. The molecule has 32 heavy (non-hydrogen) atoms. The highest BCUT2D eigenvalue weighted by molar-refractivity contribution is 5.77. The molecule has 2 N–H and O–H groups in total. The Balaban J connectivity index is 3.03. The highest BCUT2D eigenvalue weighted by Gasteiger charge is 1.98. The first-order valence-electron chi connectivity index (χ1n) is 14.3. The highest BCUT2D eigenvalue weighted by atomic mass is 16.5.